The average Bonchev–Trinajstić information content (AvgIpc) is 2.79. The number of fused-ring (bicyclic) bond motifs is 1. The lowest BCUT2D eigenvalue weighted by atomic mass is 9.84. The molecule has 3 rings (SSSR count). The van der Waals surface area contributed by atoms with Crippen LogP contribution in [0.15, 0.2) is 48.5 Å². The van der Waals surface area contributed by atoms with Crippen LogP contribution in [-0.2, 0) is 32.0 Å². The summed E-state index contributed by atoms with van der Waals surface area (Å²) in [7, 11) is 0. The van der Waals surface area contributed by atoms with Crippen LogP contribution in [0.3, 0.4) is 0 Å². The van der Waals surface area contributed by atoms with Crippen molar-refractivity contribution in [1.82, 2.24) is 0 Å². The van der Waals surface area contributed by atoms with Crippen molar-refractivity contribution in [2.75, 3.05) is 24.7 Å². The molecule has 1 N–H and O–H groups in total. The van der Waals surface area contributed by atoms with Crippen molar-refractivity contribution in [3.05, 3.63) is 59.7 Å². The Morgan fingerprint density at radius 2 is 1.80 bits per heavy atom. The van der Waals surface area contributed by atoms with Gasteiger partial charge in [-0.2, -0.15) is 0 Å². The third-order valence-corrected chi connectivity index (χ3v) is 5.86. The van der Waals surface area contributed by atoms with Gasteiger partial charge in [0.2, 0.25) is 0 Å². The van der Waals surface area contributed by atoms with E-state index in [4.69, 9.17) is 14.2 Å². The molecular weight excluding hydrogens is 446 g/mol. The Morgan fingerprint density at radius 1 is 1.09 bits per heavy atom. The van der Waals surface area contributed by atoms with E-state index >= 15 is 0 Å². The first-order valence-electron chi connectivity index (χ1n) is 12.1. The highest BCUT2D eigenvalue weighted by Crippen LogP contribution is 2.38. The van der Waals surface area contributed by atoms with Crippen LogP contribution >= 0.6 is 0 Å². The summed E-state index contributed by atoms with van der Waals surface area (Å²) in [6, 6.07) is 15.8. The Labute approximate surface area is 208 Å². The summed E-state index contributed by atoms with van der Waals surface area (Å²) in [6.45, 7) is 10.1. The van der Waals surface area contributed by atoms with Crippen molar-refractivity contribution in [3.8, 4) is 5.75 Å². The SMILES string of the molecule is CCOC(=O)C(C)(CO)C[C@H]1CN(Cc2ccccc2)c2cc(CC(=O)OC(C)(C)C)ccc2O1. The molecule has 0 saturated carbocycles. The number of carbonyl (C=O) groups is 2. The molecule has 1 aliphatic rings. The average molecular weight is 484 g/mol. The summed E-state index contributed by atoms with van der Waals surface area (Å²) in [5.74, 6) is -0.0386. The third kappa shape index (κ3) is 7.21. The number of rotatable bonds is 9. The van der Waals surface area contributed by atoms with Crippen LogP contribution in [0.2, 0.25) is 0 Å². The highest BCUT2D eigenvalue weighted by molar-refractivity contribution is 5.77. The number of carbonyl (C=O) groups excluding carboxylic acids is 2. The molecule has 1 aliphatic heterocycles. The van der Waals surface area contributed by atoms with Crippen LogP contribution in [-0.4, -0.2) is 48.5 Å². The van der Waals surface area contributed by atoms with Gasteiger partial charge in [-0.25, -0.2) is 0 Å². The zero-order valence-electron chi connectivity index (χ0n) is 21.4. The molecule has 7 nitrogen and oxygen atoms in total. The Hall–Kier alpha value is -3.06. The normalized spacial score (nSPS) is 17.1. The fraction of sp³-hybridized carbons (Fsp3) is 0.500. The van der Waals surface area contributed by atoms with E-state index < -0.39 is 17.0 Å². The molecule has 0 aromatic heterocycles. The molecule has 0 fully saturated rings. The molecule has 7 heteroatoms. The van der Waals surface area contributed by atoms with Gasteiger partial charge in [-0.1, -0.05) is 36.4 Å². The van der Waals surface area contributed by atoms with Gasteiger partial charge in [-0.3, -0.25) is 9.59 Å². The molecule has 2 aromatic rings. The monoisotopic (exact) mass is 483 g/mol. The van der Waals surface area contributed by atoms with Crippen molar-refractivity contribution in [2.24, 2.45) is 5.41 Å². The molecule has 1 unspecified atom stereocenters. The number of hydrogen-bond donors (Lipinski definition) is 1. The van der Waals surface area contributed by atoms with Gasteiger partial charge in [-0.05, 0) is 57.9 Å². The standard InChI is InChI=1S/C28H37NO6/c1-6-33-26(32)28(5,19-30)16-22-18-29(17-20-10-8-7-9-11-20)23-14-21(12-13-24(23)34-22)15-25(31)35-27(2,3)4/h7-14,22,30H,6,15-19H2,1-5H3/t22-,28?/m0/s1. The van der Waals surface area contributed by atoms with Crippen molar-refractivity contribution in [1.29, 1.82) is 0 Å². The molecule has 0 saturated heterocycles. The van der Waals surface area contributed by atoms with E-state index in [0.29, 0.717) is 25.3 Å². The minimum atomic E-state index is -1.06. The highest BCUT2D eigenvalue weighted by atomic mass is 16.6. The lowest BCUT2D eigenvalue weighted by Crippen LogP contribution is -2.45. The summed E-state index contributed by atoms with van der Waals surface area (Å²) in [4.78, 5) is 27.1. The molecule has 2 aromatic carbocycles. The molecule has 35 heavy (non-hydrogen) atoms. The third-order valence-electron chi connectivity index (χ3n) is 5.86. The molecule has 2 atom stereocenters. The summed E-state index contributed by atoms with van der Waals surface area (Å²) in [6.07, 6.45) is 0.148. The van der Waals surface area contributed by atoms with Crippen LogP contribution in [0.1, 0.15) is 52.2 Å². The number of nitrogens with zero attached hydrogens (tertiary/aromatic N) is 1. The van der Waals surface area contributed by atoms with Crippen molar-refractivity contribution in [2.45, 2.75) is 65.7 Å². The Morgan fingerprint density at radius 3 is 2.43 bits per heavy atom. The second-order valence-corrected chi connectivity index (χ2v) is 10.3. The predicted octanol–water partition coefficient (Wildman–Crippen LogP) is 4.29. The first kappa shape index (κ1) is 26.5. The number of benzene rings is 2. The summed E-state index contributed by atoms with van der Waals surface area (Å²) in [5.41, 5.74) is 1.25. The number of aliphatic hydroxyl groups is 1. The molecule has 0 radical (unpaired) electrons. The Kier molecular flexibility index (Phi) is 8.43. The van der Waals surface area contributed by atoms with Crippen molar-refractivity contribution >= 4 is 17.6 Å². The lowest BCUT2D eigenvalue weighted by molar-refractivity contribution is -0.158. The predicted molar refractivity (Wildman–Crippen MR) is 134 cm³/mol. The van der Waals surface area contributed by atoms with Crippen LogP contribution in [0, 0.1) is 5.41 Å². The maximum absolute atomic E-state index is 12.5. The summed E-state index contributed by atoms with van der Waals surface area (Å²) < 4.78 is 17.0. The van der Waals surface area contributed by atoms with Gasteiger partial charge in [0.15, 0.2) is 0 Å². The molecular formula is C28H37NO6. The first-order valence-corrected chi connectivity index (χ1v) is 12.1. The summed E-state index contributed by atoms with van der Waals surface area (Å²) in [5, 5.41) is 10.00. The van der Waals surface area contributed by atoms with Crippen LogP contribution < -0.4 is 9.64 Å². The molecule has 190 valence electrons. The quantitative estimate of drug-likeness (QED) is 0.533. The smallest absolute Gasteiger partial charge is 0.314 e. The molecule has 0 bridgehead atoms. The number of anilines is 1. The van der Waals surface area contributed by atoms with E-state index in [0.717, 1.165) is 16.8 Å². The van der Waals surface area contributed by atoms with Crippen molar-refractivity contribution in [3.63, 3.8) is 0 Å². The van der Waals surface area contributed by atoms with Gasteiger partial charge >= 0.3 is 11.9 Å². The summed E-state index contributed by atoms with van der Waals surface area (Å²) >= 11 is 0. The maximum Gasteiger partial charge on any atom is 0.314 e. The van der Waals surface area contributed by atoms with Gasteiger partial charge in [0.1, 0.15) is 17.5 Å². The fourth-order valence-corrected chi connectivity index (χ4v) is 4.20. The largest absolute Gasteiger partial charge is 0.486 e. The number of aliphatic hydroxyl groups excluding tert-OH is 1. The Balaban J connectivity index is 1.87. The van der Waals surface area contributed by atoms with E-state index in [9.17, 15) is 14.7 Å². The lowest BCUT2D eigenvalue weighted by Gasteiger charge is -2.39. The maximum atomic E-state index is 12.5. The number of hydrogen-bond acceptors (Lipinski definition) is 7. The first-order chi connectivity index (χ1) is 16.5. The second kappa shape index (κ2) is 11.1. The molecule has 1 heterocycles. The fourth-order valence-electron chi connectivity index (χ4n) is 4.20. The van der Waals surface area contributed by atoms with E-state index in [-0.39, 0.29) is 31.7 Å². The van der Waals surface area contributed by atoms with Gasteiger partial charge in [-0.15, -0.1) is 0 Å². The zero-order valence-corrected chi connectivity index (χ0v) is 21.4. The van der Waals surface area contributed by atoms with E-state index in [1.807, 2.05) is 57.2 Å². The van der Waals surface area contributed by atoms with E-state index in [1.165, 1.54) is 0 Å². The zero-order chi connectivity index (χ0) is 25.6. The van der Waals surface area contributed by atoms with Crippen LogP contribution in [0.25, 0.3) is 0 Å². The second-order valence-electron chi connectivity index (χ2n) is 10.3. The highest BCUT2D eigenvalue weighted by Gasteiger charge is 2.40. The van der Waals surface area contributed by atoms with Crippen LogP contribution in [0.5, 0.6) is 5.75 Å². The van der Waals surface area contributed by atoms with Crippen LogP contribution in [0.4, 0.5) is 5.69 Å². The van der Waals surface area contributed by atoms with Gasteiger partial charge in [0, 0.05) is 13.0 Å². The van der Waals surface area contributed by atoms with E-state index in [2.05, 4.69) is 17.0 Å². The molecule has 0 spiro atoms. The van der Waals surface area contributed by atoms with Crippen molar-refractivity contribution < 1.29 is 28.9 Å². The van der Waals surface area contributed by atoms with Gasteiger partial charge in [0.25, 0.3) is 0 Å². The van der Waals surface area contributed by atoms with Gasteiger partial charge < -0.3 is 24.2 Å². The molecule has 0 amide bonds. The minimum absolute atomic E-state index is 0.165. The van der Waals surface area contributed by atoms with E-state index in [1.54, 1.807) is 13.8 Å². The topological polar surface area (TPSA) is 85.3 Å². The van der Waals surface area contributed by atoms with Gasteiger partial charge in [0.05, 0.1) is 37.3 Å². The number of esters is 2. The minimum Gasteiger partial charge on any atom is -0.486 e. The molecule has 0 aliphatic carbocycles. The Bertz CT molecular complexity index is 1020. The number of ether oxygens (including phenoxy) is 3.